The van der Waals surface area contributed by atoms with Crippen LogP contribution in [0.2, 0.25) is 0 Å². The molecule has 20 heavy (non-hydrogen) atoms. The number of nitrogens with one attached hydrogen (secondary N) is 2. The number of likely N-dealkylation sites (N-methyl/N-ethyl adjacent to an activating group) is 1. The van der Waals surface area contributed by atoms with Gasteiger partial charge >= 0.3 is 0 Å². The molecule has 3 saturated heterocycles. The number of rotatable bonds is 2. The summed E-state index contributed by atoms with van der Waals surface area (Å²) in [6, 6.07) is 0.367. The van der Waals surface area contributed by atoms with Gasteiger partial charge in [0, 0.05) is 52.4 Å². The smallest absolute Gasteiger partial charge is 0.238 e. The van der Waals surface area contributed by atoms with E-state index in [9.17, 15) is 4.79 Å². The molecule has 3 fully saturated rings. The number of nitrogens with zero attached hydrogens (tertiary/aromatic N) is 1. The number of hydrogen-bond donors (Lipinski definition) is 2. The van der Waals surface area contributed by atoms with Crippen LogP contribution in [0, 0.1) is 0 Å². The first kappa shape index (κ1) is 14.3. The van der Waals surface area contributed by atoms with Crippen LogP contribution < -0.4 is 10.6 Å². The summed E-state index contributed by atoms with van der Waals surface area (Å²) in [5.74, 6) is 0.111. The quantitative estimate of drug-likeness (QED) is 0.705. The third-order valence-corrected chi connectivity index (χ3v) is 4.84. The Morgan fingerprint density at radius 2 is 2.35 bits per heavy atom. The molecular weight excluding hydrogens is 258 g/mol. The molecule has 6 heteroatoms. The molecule has 3 heterocycles. The predicted molar refractivity (Wildman–Crippen MR) is 74.6 cm³/mol. The zero-order valence-corrected chi connectivity index (χ0v) is 12.2. The van der Waals surface area contributed by atoms with Crippen LogP contribution in [-0.4, -0.2) is 75.0 Å². The number of hydrogen-bond acceptors (Lipinski definition) is 5. The maximum atomic E-state index is 12.1. The molecule has 3 rings (SSSR count). The minimum Gasteiger partial charge on any atom is -0.378 e. The molecule has 3 aliphatic heterocycles. The highest BCUT2D eigenvalue weighted by molar-refractivity contribution is 5.81. The Hall–Kier alpha value is -0.690. The van der Waals surface area contributed by atoms with Crippen molar-refractivity contribution in [1.29, 1.82) is 0 Å². The number of ether oxygens (including phenoxy) is 2. The van der Waals surface area contributed by atoms with Gasteiger partial charge in [-0.25, -0.2) is 0 Å². The summed E-state index contributed by atoms with van der Waals surface area (Å²) < 4.78 is 11.5. The van der Waals surface area contributed by atoms with Crippen molar-refractivity contribution in [2.24, 2.45) is 0 Å². The van der Waals surface area contributed by atoms with E-state index >= 15 is 0 Å². The Kier molecular flexibility index (Phi) is 4.26. The molecule has 6 nitrogen and oxygen atoms in total. The number of amides is 1. The van der Waals surface area contributed by atoms with Gasteiger partial charge in [0.05, 0.1) is 12.2 Å². The maximum Gasteiger partial charge on any atom is 0.238 e. The van der Waals surface area contributed by atoms with Gasteiger partial charge in [0.15, 0.2) is 0 Å². The fraction of sp³-hybridized carbons (Fsp3) is 0.929. The van der Waals surface area contributed by atoms with Gasteiger partial charge in [-0.1, -0.05) is 0 Å². The normalized spacial score (nSPS) is 39.0. The van der Waals surface area contributed by atoms with Crippen molar-refractivity contribution < 1.29 is 14.3 Å². The summed E-state index contributed by atoms with van der Waals surface area (Å²) >= 11 is 0. The lowest BCUT2D eigenvalue weighted by Crippen LogP contribution is -2.62. The highest BCUT2D eigenvalue weighted by atomic mass is 16.6. The monoisotopic (exact) mass is 283 g/mol. The number of carbonyl (C=O) groups excluding carboxylic acids is 1. The van der Waals surface area contributed by atoms with E-state index in [1.54, 1.807) is 7.05 Å². The Morgan fingerprint density at radius 1 is 1.45 bits per heavy atom. The lowest BCUT2D eigenvalue weighted by Gasteiger charge is -2.46. The SMILES string of the molecule is CNC(=O)C1CNCCN1C1CCOC2(CCOC2)C1. The van der Waals surface area contributed by atoms with Crippen LogP contribution in [0.1, 0.15) is 19.3 Å². The number of piperazine rings is 1. The van der Waals surface area contributed by atoms with Crippen molar-refractivity contribution in [1.82, 2.24) is 15.5 Å². The Balaban J connectivity index is 1.70. The summed E-state index contributed by atoms with van der Waals surface area (Å²) in [5.41, 5.74) is -0.0962. The van der Waals surface area contributed by atoms with Crippen LogP contribution in [0.5, 0.6) is 0 Å². The van der Waals surface area contributed by atoms with Crippen LogP contribution in [0.4, 0.5) is 0 Å². The van der Waals surface area contributed by atoms with E-state index in [0.717, 1.165) is 52.1 Å². The molecule has 0 aromatic heterocycles. The number of carbonyl (C=O) groups is 1. The zero-order chi connectivity index (χ0) is 14.0. The van der Waals surface area contributed by atoms with Crippen molar-refractivity contribution in [3.8, 4) is 0 Å². The highest BCUT2D eigenvalue weighted by Gasteiger charge is 2.44. The van der Waals surface area contributed by atoms with Crippen molar-refractivity contribution in [3.63, 3.8) is 0 Å². The third kappa shape index (κ3) is 2.70. The van der Waals surface area contributed by atoms with Gasteiger partial charge in [-0.2, -0.15) is 0 Å². The average molecular weight is 283 g/mol. The second-order valence-electron chi connectivity index (χ2n) is 6.05. The molecule has 0 aromatic rings. The molecular formula is C14H25N3O3. The van der Waals surface area contributed by atoms with Gasteiger partial charge in [-0.3, -0.25) is 9.69 Å². The zero-order valence-electron chi connectivity index (χ0n) is 12.2. The molecule has 1 amide bonds. The molecule has 3 atom stereocenters. The standard InChI is InChI=1S/C14H25N3O3/c1-15-13(18)12-9-16-4-5-17(12)11-2-6-20-14(8-11)3-7-19-10-14/h11-12,16H,2-10H2,1H3,(H,15,18). The average Bonchev–Trinajstić information content (AvgIpc) is 2.94. The second kappa shape index (κ2) is 5.97. The largest absolute Gasteiger partial charge is 0.378 e. The highest BCUT2D eigenvalue weighted by Crippen LogP contribution is 2.35. The van der Waals surface area contributed by atoms with E-state index in [1.165, 1.54) is 0 Å². The van der Waals surface area contributed by atoms with Crippen LogP contribution >= 0.6 is 0 Å². The molecule has 0 bridgehead atoms. The van der Waals surface area contributed by atoms with Gasteiger partial charge in [-0.05, 0) is 12.8 Å². The van der Waals surface area contributed by atoms with E-state index < -0.39 is 0 Å². The van der Waals surface area contributed by atoms with Gasteiger partial charge in [0.1, 0.15) is 6.04 Å². The molecule has 3 aliphatic rings. The first-order chi connectivity index (χ1) is 9.74. The van der Waals surface area contributed by atoms with E-state index in [4.69, 9.17) is 9.47 Å². The van der Waals surface area contributed by atoms with E-state index in [-0.39, 0.29) is 17.6 Å². The topological polar surface area (TPSA) is 62.8 Å². The first-order valence-electron chi connectivity index (χ1n) is 7.64. The predicted octanol–water partition coefficient (Wildman–Crippen LogP) is -0.656. The second-order valence-corrected chi connectivity index (χ2v) is 6.05. The van der Waals surface area contributed by atoms with Crippen molar-refractivity contribution in [2.45, 2.75) is 36.9 Å². The first-order valence-corrected chi connectivity index (χ1v) is 7.64. The van der Waals surface area contributed by atoms with Crippen molar-refractivity contribution >= 4 is 5.91 Å². The van der Waals surface area contributed by atoms with Crippen molar-refractivity contribution in [3.05, 3.63) is 0 Å². The van der Waals surface area contributed by atoms with E-state index in [0.29, 0.717) is 12.6 Å². The molecule has 114 valence electrons. The minimum absolute atomic E-state index is 0.0591. The summed E-state index contributed by atoms with van der Waals surface area (Å²) in [5, 5.41) is 6.11. The minimum atomic E-state index is -0.0962. The molecule has 0 aliphatic carbocycles. The van der Waals surface area contributed by atoms with Crippen LogP contribution in [-0.2, 0) is 14.3 Å². The molecule has 3 unspecified atom stereocenters. The fourth-order valence-corrected chi connectivity index (χ4v) is 3.72. The van der Waals surface area contributed by atoms with Gasteiger partial charge in [0.25, 0.3) is 0 Å². The van der Waals surface area contributed by atoms with Crippen LogP contribution in [0.25, 0.3) is 0 Å². The third-order valence-electron chi connectivity index (χ3n) is 4.84. The van der Waals surface area contributed by atoms with Crippen molar-refractivity contribution in [2.75, 3.05) is 46.5 Å². The van der Waals surface area contributed by atoms with Gasteiger partial charge in [0.2, 0.25) is 5.91 Å². The van der Waals surface area contributed by atoms with Gasteiger partial charge in [-0.15, -0.1) is 0 Å². The molecule has 0 radical (unpaired) electrons. The Morgan fingerprint density at radius 3 is 3.10 bits per heavy atom. The molecule has 0 aromatic carbocycles. The molecule has 1 spiro atoms. The summed E-state index contributed by atoms with van der Waals surface area (Å²) in [7, 11) is 1.71. The Bertz CT molecular complexity index is 358. The molecule has 2 N–H and O–H groups in total. The van der Waals surface area contributed by atoms with E-state index in [1.807, 2.05) is 0 Å². The Labute approximate surface area is 120 Å². The fourth-order valence-electron chi connectivity index (χ4n) is 3.72. The lowest BCUT2D eigenvalue weighted by atomic mass is 9.88. The summed E-state index contributed by atoms with van der Waals surface area (Å²) in [6.07, 6.45) is 2.98. The van der Waals surface area contributed by atoms with E-state index in [2.05, 4.69) is 15.5 Å². The van der Waals surface area contributed by atoms with Crippen LogP contribution in [0.15, 0.2) is 0 Å². The summed E-state index contributed by atoms with van der Waals surface area (Å²) in [6.45, 7) is 4.90. The van der Waals surface area contributed by atoms with Gasteiger partial charge < -0.3 is 20.1 Å². The lowest BCUT2D eigenvalue weighted by molar-refractivity contribution is -0.135. The molecule has 0 saturated carbocycles. The maximum absolute atomic E-state index is 12.1. The van der Waals surface area contributed by atoms with Crippen LogP contribution in [0.3, 0.4) is 0 Å². The summed E-state index contributed by atoms with van der Waals surface area (Å²) in [4.78, 5) is 14.5.